The van der Waals surface area contributed by atoms with E-state index in [2.05, 4.69) is 9.72 Å². The van der Waals surface area contributed by atoms with Gasteiger partial charge in [-0.2, -0.15) is 0 Å². The normalized spacial score (nSPS) is 11.9. The minimum Gasteiger partial charge on any atom is -0.481 e. The molecule has 0 N–H and O–H groups in total. The molecule has 0 saturated heterocycles. The molecule has 4 nitrogen and oxygen atoms in total. The molecule has 0 spiro atoms. The molecule has 0 aliphatic carbocycles. The second kappa shape index (κ2) is 4.50. The van der Waals surface area contributed by atoms with Gasteiger partial charge in [-0.05, 0) is 13.0 Å². The summed E-state index contributed by atoms with van der Waals surface area (Å²) in [7, 11) is 2.16. The van der Waals surface area contributed by atoms with Gasteiger partial charge in [0.05, 0.1) is 18.4 Å². The second-order valence-corrected chi connectivity index (χ2v) is 5.44. The number of pyridine rings is 1. The topological polar surface area (TPSA) is 56.3 Å². The number of nitrogens with zero attached hydrogens (tertiary/aromatic N) is 1. The Balaban J connectivity index is 3.52. The van der Waals surface area contributed by atoms with E-state index in [1.165, 1.54) is 14.0 Å². The summed E-state index contributed by atoms with van der Waals surface area (Å²) in [5.74, 6) is -0.309. The van der Waals surface area contributed by atoms with Crippen molar-refractivity contribution < 1.29 is 21.9 Å². The molecule has 0 unspecified atom stereocenters. The zero-order valence-electron chi connectivity index (χ0n) is 8.37. The predicted molar refractivity (Wildman–Crippen MR) is 53.5 cm³/mol. The predicted octanol–water partition coefficient (Wildman–Crippen LogP) is 2.26. The number of methoxy groups -OCH3 is 1. The maximum atomic E-state index is 12.6. The molecule has 8 heteroatoms. The lowest BCUT2D eigenvalue weighted by atomic mass is 10.2. The molecule has 0 saturated carbocycles. The summed E-state index contributed by atoms with van der Waals surface area (Å²) in [5.41, 5.74) is -0.594. The third kappa shape index (κ3) is 2.59. The molecular formula is C8H8ClF2NO3S. The number of alkyl halides is 2. The van der Waals surface area contributed by atoms with Crippen LogP contribution in [-0.4, -0.2) is 20.5 Å². The van der Waals surface area contributed by atoms with E-state index < -0.39 is 25.9 Å². The molecule has 0 aromatic carbocycles. The van der Waals surface area contributed by atoms with Crippen LogP contribution in [0.3, 0.4) is 0 Å². The molecule has 0 bridgehead atoms. The Labute approximate surface area is 95.6 Å². The minimum absolute atomic E-state index is 0.0104. The first-order chi connectivity index (χ1) is 7.27. The monoisotopic (exact) mass is 271 g/mol. The average Bonchev–Trinajstić information content (AvgIpc) is 2.14. The zero-order chi connectivity index (χ0) is 12.5. The third-order valence-corrected chi connectivity index (χ3v) is 3.29. The van der Waals surface area contributed by atoms with Gasteiger partial charge >= 0.3 is 0 Å². The van der Waals surface area contributed by atoms with E-state index in [1.807, 2.05) is 0 Å². The molecular weight excluding hydrogens is 264 g/mol. The lowest BCUT2D eigenvalue weighted by molar-refractivity contribution is 0.145. The highest BCUT2D eigenvalue weighted by molar-refractivity contribution is 8.13. The number of hydrogen-bond donors (Lipinski definition) is 0. The molecule has 0 amide bonds. The maximum Gasteiger partial charge on any atom is 0.269 e. The van der Waals surface area contributed by atoms with Crippen molar-refractivity contribution >= 4 is 19.7 Å². The highest BCUT2D eigenvalue weighted by Gasteiger charge is 2.23. The van der Waals surface area contributed by atoms with Gasteiger partial charge in [-0.15, -0.1) is 0 Å². The van der Waals surface area contributed by atoms with Gasteiger partial charge in [0.1, 0.15) is 4.90 Å². The van der Waals surface area contributed by atoms with Crippen LogP contribution in [-0.2, 0) is 9.05 Å². The number of hydrogen-bond acceptors (Lipinski definition) is 4. The van der Waals surface area contributed by atoms with Gasteiger partial charge < -0.3 is 4.74 Å². The van der Waals surface area contributed by atoms with E-state index in [9.17, 15) is 17.2 Å². The van der Waals surface area contributed by atoms with E-state index in [0.717, 1.165) is 6.07 Å². The first kappa shape index (κ1) is 13.1. The Morgan fingerprint density at radius 1 is 1.50 bits per heavy atom. The number of halogens is 3. The van der Waals surface area contributed by atoms with Crippen LogP contribution in [0, 0.1) is 6.92 Å². The summed E-state index contributed by atoms with van der Waals surface area (Å²) in [6, 6.07) is 0.772. The number of ether oxygens (including phenoxy) is 1. The summed E-state index contributed by atoms with van der Waals surface area (Å²) in [5, 5.41) is 0. The fourth-order valence-corrected chi connectivity index (χ4v) is 2.28. The van der Waals surface area contributed by atoms with Gasteiger partial charge in [0.15, 0.2) is 0 Å². The van der Waals surface area contributed by atoms with E-state index in [-0.39, 0.29) is 11.6 Å². The Morgan fingerprint density at radius 3 is 2.44 bits per heavy atom. The van der Waals surface area contributed by atoms with Crippen molar-refractivity contribution in [2.24, 2.45) is 0 Å². The van der Waals surface area contributed by atoms with Gasteiger partial charge in [-0.1, -0.05) is 0 Å². The highest BCUT2D eigenvalue weighted by Crippen LogP contribution is 2.31. The largest absolute Gasteiger partial charge is 0.481 e. The molecule has 1 aromatic rings. The average molecular weight is 272 g/mol. The van der Waals surface area contributed by atoms with Crippen LogP contribution in [0.25, 0.3) is 0 Å². The van der Waals surface area contributed by atoms with Crippen LogP contribution in [0.2, 0.25) is 0 Å². The van der Waals surface area contributed by atoms with Crippen molar-refractivity contribution in [2.75, 3.05) is 7.11 Å². The van der Waals surface area contributed by atoms with Gasteiger partial charge in [-0.25, -0.2) is 22.2 Å². The number of aryl methyl sites for hydroxylation is 1. The second-order valence-electron chi connectivity index (χ2n) is 2.91. The van der Waals surface area contributed by atoms with Crippen molar-refractivity contribution in [3.63, 3.8) is 0 Å². The Kier molecular flexibility index (Phi) is 3.69. The summed E-state index contributed by atoms with van der Waals surface area (Å²) in [4.78, 5) is 3.17. The lowest BCUT2D eigenvalue weighted by Crippen LogP contribution is -2.03. The fraction of sp³-hybridized carbons (Fsp3) is 0.375. The van der Waals surface area contributed by atoms with Crippen LogP contribution in [0.5, 0.6) is 5.88 Å². The number of rotatable bonds is 3. The van der Waals surface area contributed by atoms with Crippen LogP contribution >= 0.6 is 10.7 Å². The maximum absolute atomic E-state index is 12.6. The molecule has 0 atom stereocenters. The van der Waals surface area contributed by atoms with Crippen LogP contribution in [0.1, 0.15) is 17.7 Å². The van der Waals surface area contributed by atoms with E-state index in [4.69, 9.17) is 10.7 Å². The van der Waals surface area contributed by atoms with Crippen LogP contribution < -0.4 is 4.74 Å². The van der Waals surface area contributed by atoms with E-state index >= 15 is 0 Å². The molecule has 90 valence electrons. The van der Waals surface area contributed by atoms with E-state index in [1.54, 1.807) is 0 Å². The molecule has 1 rings (SSSR count). The zero-order valence-corrected chi connectivity index (χ0v) is 9.94. The van der Waals surface area contributed by atoms with Crippen molar-refractivity contribution in [1.29, 1.82) is 0 Å². The van der Waals surface area contributed by atoms with Crippen LogP contribution in [0.4, 0.5) is 8.78 Å². The SMILES string of the molecule is COc1nc(C)c(S(=O)(=O)Cl)cc1C(F)F. The van der Waals surface area contributed by atoms with Crippen molar-refractivity contribution in [3.05, 3.63) is 17.3 Å². The smallest absolute Gasteiger partial charge is 0.269 e. The first-order valence-corrected chi connectivity index (χ1v) is 6.36. The molecule has 0 fully saturated rings. The Hall–Kier alpha value is -0.950. The molecule has 1 aromatic heterocycles. The number of aromatic nitrogens is 1. The van der Waals surface area contributed by atoms with Crippen molar-refractivity contribution in [2.45, 2.75) is 18.2 Å². The minimum atomic E-state index is -4.09. The van der Waals surface area contributed by atoms with Gasteiger partial charge in [-0.3, -0.25) is 0 Å². The van der Waals surface area contributed by atoms with Crippen molar-refractivity contribution in [1.82, 2.24) is 4.98 Å². The first-order valence-electron chi connectivity index (χ1n) is 4.05. The third-order valence-electron chi connectivity index (χ3n) is 1.85. The van der Waals surface area contributed by atoms with Gasteiger partial charge in [0.25, 0.3) is 15.5 Å². The lowest BCUT2D eigenvalue weighted by Gasteiger charge is -2.09. The molecule has 0 aliphatic rings. The summed E-state index contributed by atoms with van der Waals surface area (Å²) in [6.45, 7) is 1.34. The Morgan fingerprint density at radius 2 is 2.06 bits per heavy atom. The van der Waals surface area contributed by atoms with Gasteiger partial charge in [0, 0.05) is 10.7 Å². The molecule has 16 heavy (non-hydrogen) atoms. The standard InChI is InChI=1S/C8H8ClF2NO3S/c1-4-6(16(9,13)14)3-5(7(10)11)8(12-4)15-2/h3,7H,1-2H3. The highest BCUT2D eigenvalue weighted by atomic mass is 35.7. The summed E-state index contributed by atoms with van der Waals surface area (Å²) in [6.07, 6.45) is -2.89. The molecule has 0 aliphatic heterocycles. The Bertz CT molecular complexity index is 504. The summed E-state index contributed by atoms with van der Waals surface area (Å²) < 4.78 is 51.9. The molecule has 1 heterocycles. The van der Waals surface area contributed by atoms with Crippen molar-refractivity contribution in [3.8, 4) is 5.88 Å². The fourth-order valence-electron chi connectivity index (χ4n) is 1.15. The molecule has 0 radical (unpaired) electrons. The van der Waals surface area contributed by atoms with Gasteiger partial charge in [0.2, 0.25) is 5.88 Å². The quantitative estimate of drug-likeness (QED) is 0.792. The summed E-state index contributed by atoms with van der Waals surface area (Å²) >= 11 is 0. The van der Waals surface area contributed by atoms with Crippen LogP contribution in [0.15, 0.2) is 11.0 Å². The van der Waals surface area contributed by atoms with E-state index in [0.29, 0.717) is 0 Å².